The summed E-state index contributed by atoms with van der Waals surface area (Å²) in [5, 5.41) is 20.1. The predicted octanol–water partition coefficient (Wildman–Crippen LogP) is 2.75. The van der Waals surface area contributed by atoms with Gasteiger partial charge in [0.2, 0.25) is 0 Å². The molecule has 0 radical (unpaired) electrons. The number of benzene rings is 2. The van der Waals surface area contributed by atoms with Gasteiger partial charge in [0, 0.05) is 17.8 Å². The molecule has 1 amide bonds. The molecule has 0 bridgehead atoms. The average molecular weight is 376 g/mol. The van der Waals surface area contributed by atoms with E-state index in [0.717, 1.165) is 12.1 Å². The molecule has 3 rings (SSSR count). The zero-order valence-corrected chi connectivity index (χ0v) is 13.9. The quantitative estimate of drug-likeness (QED) is 0.718. The first-order valence-electron chi connectivity index (χ1n) is 7.93. The molecule has 140 valence electrons. The lowest BCUT2D eigenvalue weighted by Crippen LogP contribution is -2.28. The standard InChI is InChI=1S/C18H15F3N4O2/c19-18(20,21)14-6-4-12(5-7-14)16(26)9-22-17(27)13-2-1-3-15(8-13)25-10-23-24-11-25/h1-8,10-11,16,26H,9H2,(H,22,27)/t16-/m1/s1. The number of alkyl halides is 3. The fourth-order valence-corrected chi connectivity index (χ4v) is 2.45. The van der Waals surface area contributed by atoms with E-state index in [9.17, 15) is 23.1 Å². The summed E-state index contributed by atoms with van der Waals surface area (Å²) in [7, 11) is 0. The second-order valence-corrected chi connectivity index (χ2v) is 5.77. The van der Waals surface area contributed by atoms with Gasteiger partial charge >= 0.3 is 6.18 Å². The molecule has 6 nitrogen and oxygen atoms in total. The highest BCUT2D eigenvalue weighted by molar-refractivity contribution is 5.94. The number of aliphatic hydroxyl groups excluding tert-OH is 1. The van der Waals surface area contributed by atoms with E-state index >= 15 is 0 Å². The maximum absolute atomic E-state index is 12.6. The van der Waals surface area contributed by atoms with Crippen molar-refractivity contribution in [3.8, 4) is 5.69 Å². The van der Waals surface area contributed by atoms with Gasteiger partial charge in [-0.2, -0.15) is 13.2 Å². The smallest absolute Gasteiger partial charge is 0.387 e. The fourth-order valence-electron chi connectivity index (χ4n) is 2.45. The number of nitrogens with one attached hydrogen (secondary N) is 1. The van der Waals surface area contributed by atoms with Gasteiger partial charge in [-0.15, -0.1) is 10.2 Å². The molecule has 2 aromatic carbocycles. The molecule has 0 aliphatic rings. The third-order valence-electron chi connectivity index (χ3n) is 3.90. The lowest BCUT2D eigenvalue weighted by Gasteiger charge is -2.14. The summed E-state index contributed by atoms with van der Waals surface area (Å²) < 4.78 is 39.3. The van der Waals surface area contributed by atoms with Crippen LogP contribution in [0.2, 0.25) is 0 Å². The number of nitrogens with zero attached hydrogens (tertiary/aromatic N) is 3. The monoisotopic (exact) mass is 376 g/mol. The first-order chi connectivity index (χ1) is 12.8. The molecule has 1 heterocycles. The summed E-state index contributed by atoms with van der Waals surface area (Å²) in [6.07, 6.45) is -2.58. The molecule has 0 saturated heterocycles. The Balaban J connectivity index is 1.63. The second-order valence-electron chi connectivity index (χ2n) is 5.77. The highest BCUT2D eigenvalue weighted by Gasteiger charge is 2.30. The Morgan fingerprint density at radius 3 is 2.41 bits per heavy atom. The normalized spacial score (nSPS) is 12.6. The van der Waals surface area contributed by atoms with Gasteiger partial charge in [0.1, 0.15) is 12.7 Å². The van der Waals surface area contributed by atoms with Crippen LogP contribution < -0.4 is 5.32 Å². The Labute approximate surface area is 152 Å². The van der Waals surface area contributed by atoms with E-state index in [4.69, 9.17) is 0 Å². The van der Waals surface area contributed by atoms with Crippen LogP contribution in [0.1, 0.15) is 27.6 Å². The third kappa shape index (κ3) is 4.50. The first-order valence-corrected chi connectivity index (χ1v) is 7.93. The molecule has 0 spiro atoms. The zero-order chi connectivity index (χ0) is 19.4. The lowest BCUT2D eigenvalue weighted by molar-refractivity contribution is -0.137. The minimum Gasteiger partial charge on any atom is -0.387 e. The topological polar surface area (TPSA) is 80.0 Å². The summed E-state index contributed by atoms with van der Waals surface area (Å²) in [5.41, 5.74) is 0.534. The Morgan fingerprint density at radius 1 is 1.11 bits per heavy atom. The van der Waals surface area contributed by atoms with Gasteiger partial charge in [-0.3, -0.25) is 9.36 Å². The van der Waals surface area contributed by atoms with E-state index < -0.39 is 23.8 Å². The Bertz CT molecular complexity index is 909. The lowest BCUT2D eigenvalue weighted by atomic mass is 10.1. The molecular formula is C18H15F3N4O2. The van der Waals surface area contributed by atoms with Gasteiger partial charge in [0.05, 0.1) is 11.7 Å². The van der Waals surface area contributed by atoms with E-state index in [0.29, 0.717) is 11.3 Å². The van der Waals surface area contributed by atoms with Crippen molar-refractivity contribution in [2.45, 2.75) is 12.3 Å². The van der Waals surface area contributed by atoms with Crippen molar-refractivity contribution in [1.29, 1.82) is 0 Å². The second kappa shape index (κ2) is 7.58. The van der Waals surface area contributed by atoms with Crippen LogP contribution in [0.25, 0.3) is 5.69 Å². The van der Waals surface area contributed by atoms with Gasteiger partial charge in [0.25, 0.3) is 5.91 Å². The van der Waals surface area contributed by atoms with Crippen LogP contribution in [0.15, 0.2) is 61.2 Å². The minimum atomic E-state index is -4.44. The average Bonchev–Trinajstić information content (AvgIpc) is 3.20. The summed E-state index contributed by atoms with van der Waals surface area (Å²) in [6, 6.07) is 10.9. The molecule has 9 heteroatoms. The van der Waals surface area contributed by atoms with Crippen molar-refractivity contribution in [2.24, 2.45) is 0 Å². The molecular weight excluding hydrogens is 361 g/mol. The van der Waals surface area contributed by atoms with Gasteiger partial charge in [-0.05, 0) is 35.9 Å². The summed E-state index contributed by atoms with van der Waals surface area (Å²) >= 11 is 0. The predicted molar refractivity (Wildman–Crippen MR) is 90.1 cm³/mol. The molecule has 1 aromatic heterocycles. The van der Waals surface area contributed by atoms with Crippen molar-refractivity contribution in [3.05, 3.63) is 77.9 Å². The van der Waals surface area contributed by atoms with Crippen LogP contribution in [-0.2, 0) is 6.18 Å². The molecule has 0 saturated carbocycles. The van der Waals surface area contributed by atoms with Gasteiger partial charge in [-0.1, -0.05) is 18.2 Å². The first kappa shape index (κ1) is 18.6. The molecule has 2 N–H and O–H groups in total. The van der Waals surface area contributed by atoms with Crippen molar-refractivity contribution < 1.29 is 23.1 Å². The highest BCUT2D eigenvalue weighted by Crippen LogP contribution is 2.29. The van der Waals surface area contributed by atoms with Crippen LogP contribution in [-0.4, -0.2) is 32.3 Å². The van der Waals surface area contributed by atoms with Crippen LogP contribution >= 0.6 is 0 Å². The van der Waals surface area contributed by atoms with E-state index in [1.807, 2.05) is 0 Å². The Hall–Kier alpha value is -3.20. The van der Waals surface area contributed by atoms with E-state index in [1.165, 1.54) is 24.8 Å². The van der Waals surface area contributed by atoms with Crippen molar-refractivity contribution in [1.82, 2.24) is 20.1 Å². The molecule has 0 fully saturated rings. The zero-order valence-electron chi connectivity index (χ0n) is 13.9. The van der Waals surface area contributed by atoms with Crippen molar-refractivity contribution >= 4 is 5.91 Å². The third-order valence-corrected chi connectivity index (χ3v) is 3.90. The van der Waals surface area contributed by atoms with Crippen LogP contribution in [0.4, 0.5) is 13.2 Å². The van der Waals surface area contributed by atoms with Crippen molar-refractivity contribution in [2.75, 3.05) is 6.54 Å². The van der Waals surface area contributed by atoms with Gasteiger partial charge < -0.3 is 10.4 Å². The fraction of sp³-hybridized carbons (Fsp3) is 0.167. The maximum atomic E-state index is 12.6. The van der Waals surface area contributed by atoms with Crippen molar-refractivity contribution in [3.63, 3.8) is 0 Å². The highest BCUT2D eigenvalue weighted by atomic mass is 19.4. The van der Waals surface area contributed by atoms with E-state index in [2.05, 4.69) is 15.5 Å². The number of rotatable bonds is 5. The number of aliphatic hydroxyl groups is 1. The molecule has 0 aliphatic heterocycles. The van der Waals surface area contributed by atoms with E-state index in [-0.39, 0.29) is 12.1 Å². The molecule has 0 unspecified atom stereocenters. The van der Waals surface area contributed by atoms with Gasteiger partial charge in [0.15, 0.2) is 0 Å². The largest absolute Gasteiger partial charge is 0.416 e. The number of carbonyl (C=O) groups is 1. The Morgan fingerprint density at radius 2 is 1.78 bits per heavy atom. The summed E-state index contributed by atoms with van der Waals surface area (Å²) in [6.45, 7) is -0.138. The van der Waals surface area contributed by atoms with Crippen LogP contribution in [0, 0.1) is 0 Å². The SMILES string of the molecule is O=C(NC[C@@H](O)c1ccc(C(F)(F)F)cc1)c1cccc(-n2cnnc2)c1. The number of amides is 1. The maximum Gasteiger partial charge on any atom is 0.416 e. The van der Waals surface area contributed by atoms with Crippen LogP contribution in [0.5, 0.6) is 0 Å². The molecule has 0 aliphatic carbocycles. The molecule has 27 heavy (non-hydrogen) atoms. The van der Waals surface area contributed by atoms with Gasteiger partial charge in [-0.25, -0.2) is 0 Å². The van der Waals surface area contributed by atoms with E-state index in [1.54, 1.807) is 28.8 Å². The Kier molecular flexibility index (Phi) is 5.22. The number of hydrogen-bond acceptors (Lipinski definition) is 4. The number of hydrogen-bond donors (Lipinski definition) is 2. The molecule has 1 atom stereocenters. The van der Waals surface area contributed by atoms with Crippen LogP contribution in [0.3, 0.4) is 0 Å². The number of aromatic nitrogens is 3. The molecule has 3 aromatic rings. The number of carbonyl (C=O) groups excluding carboxylic acids is 1. The summed E-state index contributed by atoms with van der Waals surface area (Å²) in [5.74, 6) is -0.420. The number of halogens is 3. The summed E-state index contributed by atoms with van der Waals surface area (Å²) in [4.78, 5) is 12.3. The minimum absolute atomic E-state index is 0.138.